The molecule has 0 heteroatoms. The van der Waals surface area contributed by atoms with Gasteiger partial charge in [0.05, 0.1) is 0 Å². The molecule has 0 atom stereocenters. The van der Waals surface area contributed by atoms with Crippen LogP contribution < -0.4 is 0 Å². The zero-order chi connectivity index (χ0) is 13.4. The van der Waals surface area contributed by atoms with Gasteiger partial charge in [-0.25, -0.2) is 0 Å². The van der Waals surface area contributed by atoms with Gasteiger partial charge in [0.15, 0.2) is 0 Å². The smallest absolute Gasteiger partial charge is 0.00990 e. The van der Waals surface area contributed by atoms with E-state index in [4.69, 9.17) is 0 Å². The Labute approximate surface area is 119 Å². The van der Waals surface area contributed by atoms with E-state index in [0.717, 1.165) is 0 Å². The number of hydrogen-bond donors (Lipinski definition) is 0. The van der Waals surface area contributed by atoms with Crippen LogP contribution in [-0.4, -0.2) is 0 Å². The molecule has 4 rings (SSSR count). The standard InChI is InChI=1S/C20H14/c1-3-7-15-11-13-19(17(15)9-5-1)20-14-12-16-8-4-2-6-10-18(16)20/h1-14H. The molecule has 94 valence electrons. The van der Waals surface area contributed by atoms with Crippen LogP contribution >= 0.6 is 0 Å². The molecule has 0 fully saturated rings. The Morgan fingerprint density at radius 3 is 1.25 bits per heavy atom. The molecule has 0 saturated heterocycles. The molecule has 0 radical (unpaired) electrons. The van der Waals surface area contributed by atoms with Crippen LogP contribution in [0.3, 0.4) is 0 Å². The third-order valence-corrected chi connectivity index (χ3v) is 3.87. The molecule has 0 N–H and O–H groups in total. The molecular weight excluding hydrogens is 240 g/mol. The van der Waals surface area contributed by atoms with Gasteiger partial charge in [0.25, 0.3) is 0 Å². The van der Waals surface area contributed by atoms with Crippen LogP contribution in [0.15, 0.2) is 84.9 Å². The minimum atomic E-state index is 1.29. The van der Waals surface area contributed by atoms with Gasteiger partial charge in [-0.2, -0.15) is 0 Å². The van der Waals surface area contributed by atoms with E-state index in [1.165, 1.54) is 33.4 Å². The number of rotatable bonds is 1. The van der Waals surface area contributed by atoms with E-state index in [1.54, 1.807) is 0 Å². The van der Waals surface area contributed by atoms with Gasteiger partial charge < -0.3 is 0 Å². The lowest BCUT2D eigenvalue weighted by Gasteiger charge is -2.03. The molecule has 0 aromatic heterocycles. The molecule has 0 aromatic carbocycles. The van der Waals surface area contributed by atoms with Crippen molar-refractivity contribution in [2.24, 2.45) is 0 Å². The second-order valence-electron chi connectivity index (χ2n) is 5.05. The lowest BCUT2D eigenvalue weighted by Crippen LogP contribution is -1.76. The molecule has 0 aromatic rings. The molecule has 0 bridgehead atoms. The van der Waals surface area contributed by atoms with Crippen LogP contribution in [0, 0.1) is 0 Å². The van der Waals surface area contributed by atoms with E-state index in [9.17, 15) is 0 Å². The summed E-state index contributed by atoms with van der Waals surface area (Å²) in [7, 11) is 0. The van der Waals surface area contributed by atoms with E-state index < -0.39 is 0 Å². The average molecular weight is 254 g/mol. The zero-order valence-electron chi connectivity index (χ0n) is 11.1. The maximum absolute atomic E-state index is 2.23. The summed E-state index contributed by atoms with van der Waals surface area (Å²) in [5.74, 6) is 0. The highest BCUT2D eigenvalue weighted by molar-refractivity contribution is 5.94. The summed E-state index contributed by atoms with van der Waals surface area (Å²) >= 11 is 0. The van der Waals surface area contributed by atoms with Crippen LogP contribution in [0.2, 0.25) is 0 Å². The first-order chi connectivity index (χ1) is 9.93. The van der Waals surface area contributed by atoms with Crippen molar-refractivity contribution in [3.05, 3.63) is 84.9 Å². The highest BCUT2D eigenvalue weighted by Gasteiger charge is 2.15. The van der Waals surface area contributed by atoms with Crippen LogP contribution in [0.5, 0.6) is 0 Å². The van der Waals surface area contributed by atoms with Gasteiger partial charge in [0, 0.05) is 0 Å². The Hall–Kier alpha value is -2.60. The molecule has 0 saturated carbocycles. The van der Waals surface area contributed by atoms with Crippen molar-refractivity contribution in [3.8, 4) is 33.4 Å². The molecule has 20 heavy (non-hydrogen) atoms. The summed E-state index contributed by atoms with van der Waals surface area (Å²) in [5, 5.41) is 0. The Morgan fingerprint density at radius 2 is 0.750 bits per heavy atom. The monoisotopic (exact) mass is 254 g/mol. The predicted molar refractivity (Wildman–Crippen MR) is 85.1 cm³/mol. The Kier molecular flexibility index (Phi) is 2.53. The Balaban J connectivity index is 1.97. The third kappa shape index (κ3) is 1.70. The molecule has 0 spiro atoms. The maximum Gasteiger partial charge on any atom is -0.00990 e. The zero-order valence-corrected chi connectivity index (χ0v) is 11.1. The minimum Gasteiger partial charge on any atom is -0.0622 e. The Morgan fingerprint density at radius 1 is 0.300 bits per heavy atom. The SMILES string of the molecule is c1ccc2ccc(-c3ccc4cccccc3-4)c-2cc1. The van der Waals surface area contributed by atoms with Crippen LogP contribution in [0.4, 0.5) is 0 Å². The summed E-state index contributed by atoms with van der Waals surface area (Å²) in [6.07, 6.45) is 0. The maximum atomic E-state index is 2.23. The van der Waals surface area contributed by atoms with Crippen molar-refractivity contribution >= 4 is 0 Å². The summed E-state index contributed by atoms with van der Waals surface area (Å²) < 4.78 is 0. The van der Waals surface area contributed by atoms with Gasteiger partial charge >= 0.3 is 0 Å². The van der Waals surface area contributed by atoms with E-state index >= 15 is 0 Å². The van der Waals surface area contributed by atoms with Crippen molar-refractivity contribution in [2.75, 3.05) is 0 Å². The first kappa shape index (κ1) is 11.2. The van der Waals surface area contributed by atoms with Crippen molar-refractivity contribution in [1.29, 1.82) is 0 Å². The fraction of sp³-hybridized carbons (Fsp3) is 0. The van der Waals surface area contributed by atoms with E-state index in [-0.39, 0.29) is 0 Å². The molecule has 0 amide bonds. The van der Waals surface area contributed by atoms with E-state index in [0.29, 0.717) is 0 Å². The lowest BCUT2D eigenvalue weighted by atomic mass is 10.0. The topological polar surface area (TPSA) is 0 Å². The highest BCUT2D eigenvalue weighted by Crippen LogP contribution is 2.41. The van der Waals surface area contributed by atoms with Gasteiger partial charge in [0.2, 0.25) is 0 Å². The van der Waals surface area contributed by atoms with Crippen molar-refractivity contribution in [1.82, 2.24) is 0 Å². The van der Waals surface area contributed by atoms with Crippen LogP contribution in [-0.2, 0) is 0 Å². The van der Waals surface area contributed by atoms with Crippen molar-refractivity contribution in [2.45, 2.75) is 0 Å². The van der Waals surface area contributed by atoms with Crippen molar-refractivity contribution < 1.29 is 0 Å². The molecule has 4 aliphatic carbocycles. The molecule has 0 aliphatic heterocycles. The van der Waals surface area contributed by atoms with E-state index in [2.05, 4.69) is 84.9 Å². The normalized spacial score (nSPS) is 11.0. The molecule has 0 unspecified atom stereocenters. The predicted octanol–water partition coefficient (Wildman–Crippen LogP) is 5.56. The number of fused-ring (bicyclic) bond motifs is 2. The largest absolute Gasteiger partial charge is 0.0622 e. The second kappa shape index (κ2) is 4.50. The first-order valence-electron chi connectivity index (χ1n) is 6.89. The summed E-state index contributed by atoms with van der Waals surface area (Å²) in [5.41, 5.74) is 7.84. The molecule has 0 heterocycles. The molecular formula is C20H14. The fourth-order valence-electron chi connectivity index (χ4n) is 2.90. The average Bonchev–Trinajstić information content (AvgIpc) is 2.85. The fourth-order valence-corrected chi connectivity index (χ4v) is 2.90. The summed E-state index contributed by atoms with van der Waals surface area (Å²) in [6.45, 7) is 0. The highest BCUT2D eigenvalue weighted by atomic mass is 14.2. The number of hydrogen-bond acceptors (Lipinski definition) is 0. The first-order valence-corrected chi connectivity index (χ1v) is 6.89. The van der Waals surface area contributed by atoms with Gasteiger partial charge in [-0.05, 0) is 33.4 Å². The summed E-state index contributed by atoms with van der Waals surface area (Å²) in [6, 6.07) is 30.2. The molecule has 0 nitrogen and oxygen atoms in total. The molecule has 4 aliphatic rings. The second-order valence-corrected chi connectivity index (χ2v) is 5.05. The van der Waals surface area contributed by atoms with Crippen LogP contribution in [0.1, 0.15) is 0 Å². The third-order valence-electron chi connectivity index (χ3n) is 3.87. The van der Waals surface area contributed by atoms with Gasteiger partial charge in [-0.1, -0.05) is 84.9 Å². The van der Waals surface area contributed by atoms with Crippen LogP contribution in [0.25, 0.3) is 33.4 Å². The lowest BCUT2D eigenvalue weighted by molar-refractivity contribution is 1.76. The summed E-state index contributed by atoms with van der Waals surface area (Å²) in [4.78, 5) is 0. The van der Waals surface area contributed by atoms with Gasteiger partial charge in [-0.3, -0.25) is 0 Å². The minimum absolute atomic E-state index is 1.29. The van der Waals surface area contributed by atoms with Gasteiger partial charge in [0.1, 0.15) is 0 Å². The van der Waals surface area contributed by atoms with Crippen molar-refractivity contribution in [3.63, 3.8) is 0 Å². The quantitative estimate of drug-likeness (QED) is 0.417. The Bertz CT molecular complexity index is 743. The van der Waals surface area contributed by atoms with Gasteiger partial charge in [-0.15, -0.1) is 0 Å². The van der Waals surface area contributed by atoms with E-state index in [1.807, 2.05) is 0 Å².